The van der Waals surface area contributed by atoms with Crippen LogP contribution in [0.25, 0.3) is 10.2 Å². The molecule has 3 rings (SSSR count). The minimum atomic E-state index is 0.596. The molecule has 0 amide bonds. The normalized spacial score (nSPS) is 17.0. The van der Waals surface area contributed by atoms with E-state index in [-0.39, 0.29) is 0 Å². The number of fused-ring (bicyclic) bond motifs is 1. The van der Waals surface area contributed by atoms with Crippen molar-refractivity contribution >= 4 is 26.7 Å². The molecule has 1 fully saturated rings. The molecule has 3 heteroatoms. The van der Waals surface area contributed by atoms with Gasteiger partial charge in [0.2, 0.25) is 0 Å². The smallest absolute Gasteiger partial charge is 0.184 e. The van der Waals surface area contributed by atoms with Crippen LogP contribution in [0.5, 0.6) is 0 Å². The summed E-state index contributed by atoms with van der Waals surface area (Å²) in [5.41, 5.74) is 2.43. The third-order valence-corrected chi connectivity index (χ3v) is 4.63. The summed E-state index contributed by atoms with van der Waals surface area (Å²) in [5.74, 6) is 0.971. The van der Waals surface area contributed by atoms with E-state index in [2.05, 4.69) is 42.3 Å². The molecule has 1 atom stereocenters. The number of nitrogens with one attached hydrogen (secondary N) is 1. The van der Waals surface area contributed by atoms with Gasteiger partial charge >= 0.3 is 0 Å². The number of hydrogen-bond donors (Lipinski definition) is 1. The van der Waals surface area contributed by atoms with Crippen LogP contribution in [0.1, 0.15) is 38.2 Å². The van der Waals surface area contributed by atoms with Gasteiger partial charge in [0.05, 0.1) is 10.2 Å². The fourth-order valence-corrected chi connectivity index (χ4v) is 3.39. The predicted octanol–water partition coefficient (Wildman–Crippen LogP) is 4.60. The van der Waals surface area contributed by atoms with E-state index in [4.69, 9.17) is 0 Å². The van der Waals surface area contributed by atoms with E-state index in [1.165, 1.54) is 35.9 Å². The zero-order valence-electron chi connectivity index (χ0n) is 11.1. The minimum Gasteiger partial charge on any atom is -0.359 e. The maximum absolute atomic E-state index is 4.68. The van der Waals surface area contributed by atoms with Crippen molar-refractivity contribution < 1.29 is 0 Å². The van der Waals surface area contributed by atoms with Crippen LogP contribution < -0.4 is 5.32 Å². The summed E-state index contributed by atoms with van der Waals surface area (Å²) in [6.07, 6.45) is 5.35. The molecule has 1 saturated carbocycles. The van der Waals surface area contributed by atoms with Gasteiger partial charge in [0, 0.05) is 6.04 Å². The lowest BCUT2D eigenvalue weighted by atomic mass is 10.1. The first-order valence-corrected chi connectivity index (χ1v) is 7.70. The van der Waals surface area contributed by atoms with Crippen LogP contribution in [-0.2, 0) is 0 Å². The second-order valence-electron chi connectivity index (χ2n) is 5.42. The van der Waals surface area contributed by atoms with Crippen LogP contribution >= 0.6 is 11.3 Å². The van der Waals surface area contributed by atoms with E-state index >= 15 is 0 Å². The third kappa shape index (κ3) is 2.66. The molecule has 1 aromatic heterocycles. The molecule has 18 heavy (non-hydrogen) atoms. The third-order valence-electron chi connectivity index (χ3n) is 3.68. The molecular weight excluding hydrogens is 240 g/mol. The Hall–Kier alpha value is -1.09. The van der Waals surface area contributed by atoms with Crippen molar-refractivity contribution in [2.75, 3.05) is 5.32 Å². The number of benzene rings is 1. The van der Waals surface area contributed by atoms with Gasteiger partial charge in [-0.15, -0.1) is 0 Å². The number of hydrogen-bond acceptors (Lipinski definition) is 3. The average Bonchev–Trinajstić information content (AvgIpc) is 3.07. The zero-order valence-corrected chi connectivity index (χ0v) is 11.9. The second kappa shape index (κ2) is 4.88. The van der Waals surface area contributed by atoms with Crippen molar-refractivity contribution in [2.45, 2.75) is 45.6 Å². The van der Waals surface area contributed by atoms with Crippen LogP contribution in [0.15, 0.2) is 18.2 Å². The number of aromatic nitrogens is 1. The summed E-state index contributed by atoms with van der Waals surface area (Å²) in [6.45, 7) is 4.39. The summed E-state index contributed by atoms with van der Waals surface area (Å²) >= 11 is 1.78. The van der Waals surface area contributed by atoms with Crippen LogP contribution in [0, 0.1) is 12.8 Å². The van der Waals surface area contributed by atoms with Gasteiger partial charge in [-0.1, -0.05) is 37.2 Å². The van der Waals surface area contributed by atoms with Crippen LogP contribution in [0.2, 0.25) is 0 Å². The monoisotopic (exact) mass is 260 g/mol. The lowest BCUT2D eigenvalue weighted by molar-refractivity contribution is 0.587. The van der Waals surface area contributed by atoms with Crippen molar-refractivity contribution in [3.63, 3.8) is 0 Å². The van der Waals surface area contributed by atoms with E-state index in [1.54, 1.807) is 11.3 Å². The van der Waals surface area contributed by atoms with Gasteiger partial charge < -0.3 is 5.32 Å². The summed E-state index contributed by atoms with van der Waals surface area (Å²) < 4.78 is 1.29. The van der Waals surface area contributed by atoms with Crippen molar-refractivity contribution in [3.05, 3.63) is 23.8 Å². The lowest BCUT2D eigenvalue weighted by Gasteiger charge is -2.15. The highest BCUT2D eigenvalue weighted by molar-refractivity contribution is 7.22. The fourth-order valence-electron chi connectivity index (χ4n) is 2.35. The topological polar surface area (TPSA) is 24.9 Å². The van der Waals surface area contributed by atoms with Gasteiger partial charge in [0.25, 0.3) is 0 Å². The van der Waals surface area contributed by atoms with Gasteiger partial charge in [-0.05, 0) is 43.4 Å². The predicted molar refractivity (Wildman–Crippen MR) is 79.4 cm³/mol. The molecule has 2 aromatic rings. The maximum atomic E-state index is 4.68. The highest BCUT2D eigenvalue weighted by atomic mass is 32.1. The summed E-state index contributed by atoms with van der Waals surface area (Å²) in [6, 6.07) is 7.07. The Balaban J connectivity index is 1.76. The van der Waals surface area contributed by atoms with E-state index in [0.717, 1.165) is 16.6 Å². The SMILES string of the molecule is CCC(CC1CC1)Nc1nc2ccc(C)cc2s1. The first-order valence-electron chi connectivity index (χ1n) is 6.88. The van der Waals surface area contributed by atoms with Gasteiger partial charge in [-0.25, -0.2) is 4.98 Å². The molecule has 2 nitrogen and oxygen atoms in total. The molecule has 1 aromatic carbocycles. The highest BCUT2D eigenvalue weighted by Gasteiger charge is 2.25. The zero-order chi connectivity index (χ0) is 12.5. The van der Waals surface area contributed by atoms with Crippen LogP contribution in [0.3, 0.4) is 0 Å². The number of rotatable bonds is 5. The quantitative estimate of drug-likeness (QED) is 0.850. The molecule has 1 aliphatic carbocycles. The van der Waals surface area contributed by atoms with Crippen molar-refractivity contribution in [3.8, 4) is 0 Å². The Morgan fingerprint density at radius 3 is 3.00 bits per heavy atom. The molecule has 96 valence electrons. The summed E-state index contributed by atoms with van der Waals surface area (Å²) in [4.78, 5) is 4.68. The number of nitrogens with zero attached hydrogens (tertiary/aromatic N) is 1. The standard InChI is InChI=1S/C15H20N2S/c1-3-12(9-11-5-6-11)16-15-17-13-7-4-10(2)8-14(13)18-15/h4,7-8,11-12H,3,5-6,9H2,1-2H3,(H,16,17). The van der Waals surface area contributed by atoms with Crippen molar-refractivity contribution in [1.29, 1.82) is 0 Å². The van der Waals surface area contributed by atoms with E-state index in [0.29, 0.717) is 6.04 Å². The van der Waals surface area contributed by atoms with Crippen LogP contribution in [-0.4, -0.2) is 11.0 Å². The summed E-state index contributed by atoms with van der Waals surface area (Å²) in [7, 11) is 0. The first-order chi connectivity index (χ1) is 8.74. The molecule has 0 bridgehead atoms. The minimum absolute atomic E-state index is 0.596. The van der Waals surface area contributed by atoms with E-state index < -0.39 is 0 Å². The number of thiazole rings is 1. The van der Waals surface area contributed by atoms with Gasteiger partial charge in [0.1, 0.15) is 0 Å². The van der Waals surface area contributed by atoms with Crippen molar-refractivity contribution in [2.24, 2.45) is 5.92 Å². The number of anilines is 1. The van der Waals surface area contributed by atoms with Gasteiger partial charge in [0.15, 0.2) is 5.13 Å². The Bertz CT molecular complexity index is 542. The Kier molecular flexibility index (Phi) is 3.25. The van der Waals surface area contributed by atoms with E-state index in [9.17, 15) is 0 Å². The summed E-state index contributed by atoms with van der Waals surface area (Å²) in [5, 5.41) is 4.70. The average molecular weight is 260 g/mol. The second-order valence-corrected chi connectivity index (χ2v) is 6.45. The first kappa shape index (κ1) is 12.0. The lowest BCUT2D eigenvalue weighted by Crippen LogP contribution is -2.18. The molecule has 1 heterocycles. The van der Waals surface area contributed by atoms with Crippen LogP contribution in [0.4, 0.5) is 5.13 Å². The Morgan fingerprint density at radius 2 is 2.28 bits per heavy atom. The molecule has 1 unspecified atom stereocenters. The van der Waals surface area contributed by atoms with Gasteiger partial charge in [-0.2, -0.15) is 0 Å². The maximum Gasteiger partial charge on any atom is 0.184 e. The molecular formula is C15H20N2S. The Labute approximate surface area is 112 Å². The number of aryl methyl sites for hydroxylation is 1. The largest absolute Gasteiger partial charge is 0.359 e. The van der Waals surface area contributed by atoms with Crippen molar-refractivity contribution in [1.82, 2.24) is 4.98 Å². The molecule has 1 aliphatic rings. The highest BCUT2D eigenvalue weighted by Crippen LogP contribution is 2.35. The van der Waals surface area contributed by atoms with Gasteiger partial charge in [-0.3, -0.25) is 0 Å². The molecule has 0 saturated heterocycles. The van der Waals surface area contributed by atoms with E-state index in [1.807, 2.05) is 0 Å². The molecule has 1 N–H and O–H groups in total. The molecule has 0 spiro atoms. The molecule has 0 aliphatic heterocycles. The Morgan fingerprint density at radius 1 is 1.44 bits per heavy atom. The fraction of sp³-hybridized carbons (Fsp3) is 0.533. The molecule has 0 radical (unpaired) electrons.